The largest absolute Gasteiger partial charge is 0.456 e. The zero-order valence-corrected chi connectivity index (χ0v) is 33.2. The van der Waals surface area contributed by atoms with Gasteiger partial charge < -0.3 is 13.9 Å². The average molecular weight is 779 g/mol. The second-order valence-corrected chi connectivity index (χ2v) is 15.6. The van der Waals surface area contributed by atoms with Crippen LogP contribution < -0.4 is 4.90 Å². The number of hydrogen-bond acceptors (Lipinski definition) is 2. The molecule has 0 amide bonds. The molecule has 2 aromatic heterocycles. The smallest absolute Gasteiger partial charge is 0.136 e. The van der Waals surface area contributed by atoms with Gasteiger partial charge in [0.1, 0.15) is 11.2 Å². The summed E-state index contributed by atoms with van der Waals surface area (Å²) in [6, 6.07) is 82.9. The standard InChI is InChI=1S/C58H38N2O/c1-2-15-39(16-3-1)40-29-33-42(34-30-40)59(53-25-10-5-18-47(53)45-22-14-23-50-46(45)37-38-57-58(50)51-21-8-13-28-56(51)61-57)43-35-31-41(32-36-43)44-17-4-9-24-52(44)60-54-26-11-6-19-48(54)49-20-7-12-27-55(49)60/h1-38H. The Balaban J connectivity index is 1.02. The van der Waals surface area contributed by atoms with Crippen LogP contribution in [0.15, 0.2) is 235 Å². The number of anilines is 3. The third-order valence-electron chi connectivity index (χ3n) is 12.2. The summed E-state index contributed by atoms with van der Waals surface area (Å²) in [6.07, 6.45) is 0. The van der Waals surface area contributed by atoms with Crippen LogP contribution in [-0.2, 0) is 0 Å². The van der Waals surface area contributed by atoms with Gasteiger partial charge in [0.2, 0.25) is 0 Å². The summed E-state index contributed by atoms with van der Waals surface area (Å²) >= 11 is 0. The number of furan rings is 1. The monoisotopic (exact) mass is 778 g/mol. The fraction of sp³-hybridized carbons (Fsp3) is 0. The predicted octanol–water partition coefficient (Wildman–Crippen LogP) is 16.3. The van der Waals surface area contributed by atoms with Gasteiger partial charge in [-0.25, -0.2) is 0 Å². The summed E-state index contributed by atoms with van der Waals surface area (Å²) in [5, 5.41) is 7.16. The lowest BCUT2D eigenvalue weighted by Crippen LogP contribution is -2.11. The molecular weight excluding hydrogens is 741 g/mol. The first-order chi connectivity index (χ1) is 30.3. The third-order valence-corrected chi connectivity index (χ3v) is 12.2. The van der Waals surface area contributed by atoms with Crippen molar-refractivity contribution in [1.29, 1.82) is 0 Å². The maximum Gasteiger partial charge on any atom is 0.136 e. The van der Waals surface area contributed by atoms with Crippen LogP contribution >= 0.6 is 0 Å². The fourth-order valence-corrected chi connectivity index (χ4v) is 9.46. The van der Waals surface area contributed by atoms with Crippen LogP contribution in [0, 0.1) is 0 Å². The first-order valence-corrected chi connectivity index (χ1v) is 20.8. The second-order valence-electron chi connectivity index (χ2n) is 15.6. The zero-order chi connectivity index (χ0) is 40.3. The SMILES string of the molecule is c1ccc(-c2ccc(N(c3ccc(-c4ccccc4-n4c5ccccc5c5ccccc54)cc3)c3ccccc3-c3cccc4c3ccc3oc5ccccc5c34)cc2)cc1. The van der Waals surface area contributed by atoms with Crippen LogP contribution in [0.4, 0.5) is 17.1 Å². The van der Waals surface area contributed by atoms with Gasteiger partial charge >= 0.3 is 0 Å². The lowest BCUT2D eigenvalue weighted by Gasteiger charge is -2.28. The highest BCUT2D eigenvalue weighted by molar-refractivity contribution is 6.21. The molecule has 3 nitrogen and oxygen atoms in total. The quantitative estimate of drug-likeness (QED) is 0.161. The number of nitrogens with zero attached hydrogens (tertiary/aromatic N) is 2. The second kappa shape index (κ2) is 14.3. The molecule has 0 N–H and O–H groups in total. The van der Waals surface area contributed by atoms with Gasteiger partial charge in [0.05, 0.1) is 22.4 Å². The summed E-state index contributed by atoms with van der Waals surface area (Å²) in [5.41, 5.74) is 15.6. The van der Waals surface area contributed by atoms with Crippen LogP contribution in [0.25, 0.3) is 93.6 Å². The molecule has 0 spiro atoms. The van der Waals surface area contributed by atoms with E-state index in [0.717, 1.165) is 55.8 Å². The normalized spacial score (nSPS) is 11.6. The Bertz CT molecular complexity index is 3520. The van der Waals surface area contributed by atoms with Gasteiger partial charge in [-0.3, -0.25) is 0 Å². The van der Waals surface area contributed by atoms with E-state index in [2.05, 4.69) is 234 Å². The van der Waals surface area contributed by atoms with E-state index >= 15 is 0 Å². The minimum atomic E-state index is 0.902. The number of benzene rings is 10. The summed E-state index contributed by atoms with van der Waals surface area (Å²) in [6.45, 7) is 0. The van der Waals surface area contributed by atoms with Gasteiger partial charge in [0, 0.05) is 44.0 Å². The maximum absolute atomic E-state index is 6.32. The van der Waals surface area contributed by atoms with Crippen LogP contribution in [0.1, 0.15) is 0 Å². The molecule has 0 saturated carbocycles. The van der Waals surface area contributed by atoms with Crippen LogP contribution in [0.5, 0.6) is 0 Å². The van der Waals surface area contributed by atoms with E-state index in [1.807, 2.05) is 6.07 Å². The molecule has 12 rings (SSSR count). The van der Waals surface area contributed by atoms with Crippen molar-refractivity contribution in [2.24, 2.45) is 0 Å². The molecule has 0 radical (unpaired) electrons. The van der Waals surface area contributed by atoms with Crippen molar-refractivity contribution in [2.75, 3.05) is 4.90 Å². The Morgan fingerprint density at radius 2 is 0.852 bits per heavy atom. The van der Waals surface area contributed by atoms with Crippen molar-refractivity contribution in [3.05, 3.63) is 231 Å². The molecule has 0 fully saturated rings. The minimum absolute atomic E-state index is 0.902. The lowest BCUT2D eigenvalue weighted by atomic mass is 9.94. The number of para-hydroxylation sites is 5. The van der Waals surface area contributed by atoms with Crippen molar-refractivity contribution in [3.63, 3.8) is 0 Å². The van der Waals surface area contributed by atoms with Gasteiger partial charge in [-0.05, 0) is 93.7 Å². The molecule has 3 heteroatoms. The molecule has 0 bridgehead atoms. The molecule has 286 valence electrons. The van der Waals surface area contributed by atoms with Gasteiger partial charge in [0.15, 0.2) is 0 Å². The Hall–Kier alpha value is -8.14. The Morgan fingerprint density at radius 1 is 0.311 bits per heavy atom. The van der Waals surface area contributed by atoms with E-state index in [1.54, 1.807) is 0 Å². The first-order valence-electron chi connectivity index (χ1n) is 20.8. The van der Waals surface area contributed by atoms with Gasteiger partial charge in [-0.2, -0.15) is 0 Å². The summed E-state index contributed by atoms with van der Waals surface area (Å²) in [5.74, 6) is 0. The molecular formula is C58H38N2O. The number of aromatic nitrogens is 1. The Kier molecular flexibility index (Phi) is 8.17. The average Bonchev–Trinajstić information content (AvgIpc) is 3.89. The van der Waals surface area contributed by atoms with Crippen LogP contribution in [0.2, 0.25) is 0 Å². The molecule has 0 atom stereocenters. The van der Waals surface area contributed by atoms with Gasteiger partial charge in [-0.15, -0.1) is 0 Å². The van der Waals surface area contributed by atoms with Gasteiger partial charge in [-0.1, -0.05) is 170 Å². The maximum atomic E-state index is 6.32. The highest BCUT2D eigenvalue weighted by Gasteiger charge is 2.21. The van der Waals surface area contributed by atoms with E-state index in [0.29, 0.717) is 0 Å². The summed E-state index contributed by atoms with van der Waals surface area (Å²) < 4.78 is 8.74. The van der Waals surface area contributed by atoms with E-state index in [-0.39, 0.29) is 0 Å². The van der Waals surface area contributed by atoms with Crippen molar-refractivity contribution in [2.45, 2.75) is 0 Å². The van der Waals surface area contributed by atoms with Crippen molar-refractivity contribution in [1.82, 2.24) is 4.57 Å². The third kappa shape index (κ3) is 5.74. The molecule has 10 aromatic carbocycles. The Labute approximate surface area is 353 Å². The molecule has 12 aromatic rings. The summed E-state index contributed by atoms with van der Waals surface area (Å²) in [4.78, 5) is 2.40. The zero-order valence-electron chi connectivity index (χ0n) is 33.2. The fourth-order valence-electron chi connectivity index (χ4n) is 9.46. The first kappa shape index (κ1) is 34.9. The highest BCUT2D eigenvalue weighted by atomic mass is 16.3. The number of rotatable bonds is 7. The molecule has 61 heavy (non-hydrogen) atoms. The minimum Gasteiger partial charge on any atom is -0.456 e. The highest BCUT2D eigenvalue weighted by Crippen LogP contribution is 2.45. The molecule has 0 unspecified atom stereocenters. The molecule has 0 aliphatic carbocycles. The van der Waals surface area contributed by atoms with E-state index in [4.69, 9.17) is 4.42 Å². The van der Waals surface area contributed by atoms with Crippen molar-refractivity contribution in [3.8, 4) is 39.1 Å². The molecule has 0 aliphatic rings. The van der Waals surface area contributed by atoms with E-state index < -0.39 is 0 Å². The predicted molar refractivity (Wildman–Crippen MR) is 257 cm³/mol. The van der Waals surface area contributed by atoms with Gasteiger partial charge in [0.25, 0.3) is 0 Å². The molecule has 2 heterocycles. The van der Waals surface area contributed by atoms with Crippen LogP contribution in [0.3, 0.4) is 0 Å². The number of fused-ring (bicyclic) bond motifs is 8. The van der Waals surface area contributed by atoms with E-state index in [1.165, 1.54) is 54.8 Å². The lowest BCUT2D eigenvalue weighted by molar-refractivity contribution is 0.669. The summed E-state index contributed by atoms with van der Waals surface area (Å²) in [7, 11) is 0. The van der Waals surface area contributed by atoms with E-state index in [9.17, 15) is 0 Å². The Morgan fingerprint density at radius 3 is 1.59 bits per heavy atom. The molecule has 0 saturated heterocycles. The van der Waals surface area contributed by atoms with Crippen molar-refractivity contribution < 1.29 is 4.42 Å². The number of hydrogen-bond donors (Lipinski definition) is 0. The van der Waals surface area contributed by atoms with Crippen molar-refractivity contribution >= 4 is 71.6 Å². The molecule has 0 aliphatic heterocycles. The topological polar surface area (TPSA) is 21.3 Å². The van der Waals surface area contributed by atoms with Crippen LogP contribution in [-0.4, -0.2) is 4.57 Å².